The van der Waals surface area contributed by atoms with Gasteiger partial charge in [-0.1, -0.05) is 43.7 Å². The molecule has 4 rings (SSSR count). The number of aromatic nitrogens is 1. The van der Waals surface area contributed by atoms with Crippen molar-refractivity contribution in [1.82, 2.24) is 4.98 Å². The van der Waals surface area contributed by atoms with Crippen LogP contribution < -0.4 is 5.32 Å². The molecule has 158 valence electrons. The first-order valence-electron chi connectivity index (χ1n) is 10.5. The van der Waals surface area contributed by atoms with Crippen molar-refractivity contribution in [3.8, 4) is 0 Å². The molecule has 0 aromatic carbocycles. The van der Waals surface area contributed by atoms with Crippen LogP contribution in [-0.4, -0.2) is 53.0 Å². The van der Waals surface area contributed by atoms with E-state index in [9.17, 15) is 10.2 Å². The number of hydrogen-bond donors (Lipinski definition) is 3. The first kappa shape index (κ1) is 20.8. The summed E-state index contributed by atoms with van der Waals surface area (Å²) < 4.78 is 11.7. The van der Waals surface area contributed by atoms with Gasteiger partial charge in [-0.3, -0.25) is 0 Å². The lowest BCUT2D eigenvalue weighted by atomic mass is 9.71. The highest BCUT2D eigenvalue weighted by atomic mass is 35.5. The lowest BCUT2D eigenvalue weighted by Crippen LogP contribution is -2.62. The Morgan fingerprint density at radius 3 is 2.46 bits per heavy atom. The third kappa shape index (κ3) is 4.50. The highest BCUT2D eigenvalue weighted by Crippen LogP contribution is 2.42. The summed E-state index contributed by atoms with van der Waals surface area (Å²) in [5, 5.41) is 27.4. The number of methoxy groups -OCH3 is 1. The Morgan fingerprint density at radius 2 is 1.89 bits per heavy atom. The SMILES string of the molecule is CO[C@@H]1O[C@H](C2CCC(CC3CCC3)CC2)[C@H](O)[C@H](O)[C@@H]1Nc1nc(Cl)cs1. The van der Waals surface area contributed by atoms with Crippen molar-refractivity contribution in [3.63, 3.8) is 0 Å². The molecule has 0 radical (unpaired) electrons. The molecule has 0 spiro atoms. The maximum absolute atomic E-state index is 10.8. The van der Waals surface area contributed by atoms with Gasteiger partial charge in [-0.2, -0.15) is 0 Å². The van der Waals surface area contributed by atoms with Gasteiger partial charge in [-0.05, 0) is 37.0 Å². The van der Waals surface area contributed by atoms with Crippen LogP contribution in [0.2, 0.25) is 5.15 Å². The number of ether oxygens (including phenoxy) is 2. The number of aliphatic hydroxyl groups excluding tert-OH is 2. The molecule has 0 bridgehead atoms. The number of halogens is 1. The molecule has 2 heterocycles. The lowest BCUT2D eigenvalue weighted by Gasteiger charge is -2.46. The quantitative estimate of drug-likeness (QED) is 0.638. The highest BCUT2D eigenvalue weighted by molar-refractivity contribution is 7.14. The largest absolute Gasteiger partial charge is 0.388 e. The lowest BCUT2D eigenvalue weighted by molar-refractivity contribution is -0.262. The number of rotatable bonds is 6. The van der Waals surface area contributed by atoms with Crippen LogP contribution in [-0.2, 0) is 9.47 Å². The van der Waals surface area contributed by atoms with Crippen LogP contribution in [0.25, 0.3) is 0 Å². The second kappa shape index (κ2) is 9.14. The molecule has 2 aliphatic carbocycles. The van der Waals surface area contributed by atoms with E-state index in [0.717, 1.165) is 24.7 Å². The van der Waals surface area contributed by atoms with Crippen molar-refractivity contribution in [2.45, 2.75) is 82.0 Å². The Labute approximate surface area is 175 Å². The Hall–Kier alpha value is -0.440. The molecule has 8 heteroatoms. The Kier molecular flexibility index (Phi) is 6.80. The molecule has 5 atom stereocenters. The topological polar surface area (TPSA) is 83.8 Å². The van der Waals surface area contributed by atoms with Crippen LogP contribution in [0.4, 0.5) is 5.13 Å². The molecule has 1 aromatic heterocycles. The molecule has 3 N–H and O–H groups in total. The van der Waals surface area contributed by atoms with Gasteiger partial charge in [0.25, 0.3) is 0 Å². The van der Waals surface area contributed by atoms with Gasteiger partial charge in [0.05, 0.1) is 6.10 Å². The molecule has 0 unspecified atom stereocenters. The number of anilines is 1. The van der Waals surface area contributed by atoms with Gasteiger partial charge >= 0.3 is 0 Å². The van der Waals surface area contributed by atoms with E-state index >= 15 is 0 Å². The Bertz CT molecular complexity index is 633. The predicted molar refractivity (Wildman–Crippen MR) is 110 cm³/mol. The Morgan fingerprint density at radius 1 is 1.18 bits per heavy atom. The number of thiazole rings is 1. The first-order chi connectivity index (χ1) is 13.5. The third-order valence-electron chi connectivity index (χ3n) is 6.88. The zero-order valence-corrected chi connectivity index (χ0v) is 17.9. The minimum absolute atomic E-state index is 0.259. The minimum Gasteiger partial charge on any atom is -0.388 e. The molecule has 3 aliphatic rings. The second-order valence-corrected chi connectivity index (χ2v) is 9.89. The highest BCUT2D eigenvalue weighted by Gasteiger charge is 2.48. The summed E-state index contributed by atoms with van der Waals surface area (Å²) in [4.78, 5) is 4.15. The maximum atomic E-state index is 10.8. The van der Waals surface area contributed by atoms with E-state index in [4.69, 9.17) is 21.1 Å². The second-order valence-electron chi connectivity index (χ2n) is 8.64. The molecule has 2 saturated carbocycles. The van der Waals surface area contributed by atoms with Crippen molar-refractivity contribution in [2.24, 2.45) is 17.8 Å². The molecular formula is C20H31ClN2O4S. The van der Waals surface area contributed by atoms with Crippen molar-refractivity contribution in [1.29, 1.82) is 0 Å². The summed E-state index contributed by atoms with van der Waals surface area (Å²) in [6, 6.07) is -0.603. The minimum atomic E-state index is -1.00. The fourth-order valence-electron chi connectivity index (χ4n) is 5.05. The molecular weight excluding hydrogens is 400 g/mol. The molecule has 1 aliphatic heterocycles. The van der Waals surface area contributed by atoms with Crippen LogP contribution in [0.3, 0.4) is 0 Å². The zero-order chi connectivity index (χ0) is 19.7. The van der Waals surface area contributed by atoms with Gasteiger partial charge in [0.1, 0.15) is 23.4 Å². The normalized spacial score (nSPS) is 39.5. The van der Waals surface area contributed by atoms with Crippen LogP contribution in [0, 0.1) is 17.8 Å². The van der Waals surface area contributed by atoms with E-state index in [0.29, 0.717) is 10.3 Å². The van der Waals surface area contributed by atoms with E-state index < -0.39 is 30.6 Å². The maximum Gasteiger partial charge on any atom is 0.184 e. The predicted octanol–water partition coefficient (Wildman–Crippen LogP) is 3.67. The molecule has 6 nitrogen and oxygen atoms in total. The van der Waals surface area contributed by atoms with Crippen LogP contribution in [0.15, 0.2) is 5.38 Å². The summed E-state index contributed by atoms with van der Waals surface area (Å²) in [7, 11) is 1.56. The standard InChI is InChI=1S/C20H31ClN2O4S/c1-26-19-15(23-20-22-14(21)10-28-20)16(24)17(25)18(27-19)13-7-5-12(6-8-13)9-11-3-2-4-11/h10-13,15-19,24-25H,2-9H2,1H3,(H,22,23)/t12?,13?,15-,16+,17+,18+,19+/m0/s1. The van der Waals surface area contributed by atoms with Gasteiger partial charge in [-0.15, -0.1) is 11.3 Å². The van der Waals surface area contributed by atoms with Crippen molar-refractivity contribution in [3.05, 3.63) is 10.5 Å². The monoisotopic (exact) mass is 430 g/mol. The van der Waals surface area contributed by atoms with E-state index in [-0.39, 0.29) is 5.92 Å². The van der Waals surface area contributed by atoms with Crippen molar-refractivity contribution < 1.29 is 19.7 Å². The van der Waals surface area contributed by atoms with Crippen LogP contribution in [0.1, 0.15) is 51.4 Å². The summed E-state index contributed by atoms with van der Waals surface area (Å²) in [5.41, 5.74) is 0. The first-order valence-corrected chi connectivity index (χ1v) is 11.7. The van der Waals surface area contributed by atoms with Gasteiger partial charge in [0.2, 0.25) is 0 Å². The average Bonchev–Trinajstić information content (AvgIpc) is 3.08. The summed E-state index contributed by atoms with van der Waals surface area (Å²) in [6.45, 7) is 0. The molecule has 0 amide bonds. The number of nitrogens with one attached hydrogen (secondary N) is 1. The van der Waals surface area contributed by atoms with E-state index in [1.54, 1.807) is 12.5 Å². The van der Waals surface area contributed by atoms with Crippen LogP contribution >= 0.6 is 22.9 Å². The van der Waals surface area contributed by atoms with Crippen molar-refractivity contribution >= 4 is 28.1 Å². The third-order valence-corrected chi connectivity index (χ3v) is 7.98. The summed E-state index contributed by atoms with van der Waals surface area (Å²) >= 11 is 7.22. The molecule has 3 fully saturated rings. The van der Waals surface area contributed by atoms with Crippen molar-refractivity contribution in [2.75, 3.05) is 12.4 Å². The fourth-order valence-corrected chi connectivity index (χ4v) is 5.93. The van der Waals surface area contributed by atoms with Gasteiger partial charge in [-0.25, -0.2) is 4.98 Å². The van der Waals surface area contributed by atoms with E-state index in [1.165, 1.54) is 49.9 Å². The number of hydrogen-bond acceptors (Lipinski definition) is 7. The summed E-state index contributed by atoms with van der Waals surface area (Å²) in [5.74, 6) is 2.02. The molecule has 1 aromatic rings. The average molecular weight is 431 g/mol. The smallest absolute Gasteiger partial charge is 0.184 e. The van der Waals surface area contributed by atoms with E-state index in [1.807, 2.05) is 0 Å². The fraction of sp³-hybridized carbons (Fsp3) is 0.850. The summed E-state index contributed by atoms with van der Waals surface area (Å²) in [6.07, 6.45) is 7.06. The molecule has 1 saturated heterocycles. The van der Waals surface area contributed by atoms with Gasteiger partial charge in [0.15, 0.2) is 11.4 Å². The van der Waals surface area contributed by atoms with Gasteiger partial charge < -0.3 is 25.0 Å². The number of aliphatic hydroxyl groups is 2. The molecule has 28 heavy (non-hydrogen) atoms. The zero-order valence-electron chi connectivity index (χ0n) is 16.3. The van der Waals surface area contributed by atoms with Crippen LogP contribution in [0.5, 0.6) is 0 Å². The van der Waals surface area contributed by atoms with Gasteiger partial charge in [0, 0.05) is 12.5 Å². The van der Waals surface area contributed by atoms with E-state index in [2.05, 4.69) is 10.3 Å². The number of nitrogens with zero attached hydrogens (tertiary/aromatic N) is 1. The Balaban J connectivity index is 1.35.